The van der Waals surface area contributed by atoms with Gasteiger partial charge in [-0.25, -0.2) is 0 Å². The molecule has 0 nitrogen and oxygen atoms in total. The van der Waals surface area contributed by atoms with E-state index in [0.29, 0.717) is 0 Å². The monoisotopic (exact) mass is 190 g/mol. The maximum absolute atomic E-state index is 2.32. The molecule has 78 valence electrons. The summed E-state index contributed by atoms with van der Waals surface area (Å²) in [5, 5.41) is 0. The first-order valence-electron chi connectivity index (χ1n) is 5.89. The Hall–Kier alpha value is -0.780. The molecule has 0 aromatic carbocycles. The van der Waals surface area contributed by atoms with Crippen molar-refractivity contribution in [3.63, 3.8) is 0 Å². The lowest BCUT2D eigenvalue weighted by Gasteiger charge is -2.03. The summed E-state index contributed by atoms with van der Waals surface area (Å²) in [7, 11) is 0. The highest BCUT2D eigenvalue weighted by Crippen LogP contribution is 2.18. The summed E-state index contributed by atoms with van der Waals surface area (Å²) < 4.78 is 0. The van der Waals surface area contributed by atoms with Crippen molar-refractivity contribution in [1.29, 1.82) is 0 Å². The molecule has 0 radical (unpaired) electrons. The molecule has 1 aliphatic carbocycles. The molecule has 0 aromatic heterocycles. The number of allylic oxidation sites excluding steroid dienone is 6. The van der Waals surface area contributed by atoms with Crippen LogP contribution in [0.5, 0.6) is 0 Å². The van der Waals surface area contributed by atoms with Crippen LogP contribution in [-0.4, -0.2) is 0 Å². The zero-order chi connectivity index (χ0) is 10.1. The molecule has 0 atom stereocenters. The van der Waals surface area contributed by atoms with Gasteiger partial charge in [0, 0.05) is 0 Å². The number of unbranched alkanes of at least 4 members (excludes halogenated alkanes) is 2. The molecule has 1 aliphatic rings. The minimum Gasteiger partial charge on any atom is -0.0917 e. The topological polar surface area (TPSA) is 0 Å². The van der Waals surface area contributed by atoms with Gasteiger partial charge in [0.2, 0.25) is 0 Å². The van der Waals surface area contributed by atoms with Gasteiger partial charge < -0.3 is 0 Å². The smallest absolute Gasteiger partial charge is 0.0314 e. The van der Waals surface area contributed by atoms with Gasteiger partial charge in [-0.15, -0.1) is 0 Å². The minimum absolute atomic E-state index is 1.25. The summed E-state index contributed by atoms with van der Waals surface area (Å²) in [4.78, 5) is 0. The molecule has 0 heteroatoms. The highest BCUT2D eigenvalue weighted by molar-refractivity contribution is 5.14. The lowest BCUT2D eigenvalue weighted by molar-refractivity contribution is 0.706. The van der Waals surface area contributed by atoms with Crippen LogP contribution in [0.2, 0.25) is 0 Å². The second-order valence-electron chi connectivity index (χ2n) is 3.96. The molecule has 0 fully saturated rings. The van der Waals surface area contributed by atoms with Gasteiger partial charge in [0.1, 0.15) is 0 Å². The van der Waals surface area contributed by atoms with Crippen LogP contribution >= 0.6 is 0 Å². The average molecular weight is 190 g/mol. The van der Waals surface area contributed by atoms with Crippen molar-refractivity contribution in [3.8, 4) is 0 Å². The zero-order valence-electron chi connectivity index (χ0n) is 9.34. The predicted octanol–water partition coefficient (Wildman–Crippen LogP) is 4.79. The van der Waals surface area contributed by atoms with E-state index in [2.05, 4.69) is 37.3 Å². The van der Waals surface area contributed by atoms with E-state index in [1.54, 1.807) is 5.57 Å². The van der Waals surface area contributed by atoms with Gasteiger partial charge in [0.15, 0.2) is 0 Å². The van der Waals surface area contributed by atoms with Crippen molar-refractivity contribution in [1.82, 2.24) is 0 Å². The third-order valence-corrected chi connectivity index (χ3v) is 2.69. The largest absolute Gasteiger partial charge is 0.0917 e. The van der Waals surface area contributed by atoms with E-state index < -0.39 is 0 Å². The Morgan fingerprint density at radius 3 is 3.14 bits per heavy atom. The van der Waals surface area contributed by atoms with Crippen molar-refractivity contribution >= 4 is 0 Å². The Kier molecular flexibility index (Phi) is 6.14. The SMILES string of the molecule is CC=CCCCCC1=CC=CCCC1. The molecule has 0 bridgehead atoms. The number of hydrogen-bond donors (Lipinski definition) is 0. The first-order chi connectivity index (χ1) is 6.93. The number of rotatable bonds is 5. The van der Waals surface area contributed by atoms with Crippen molar-refractivity contribution in [2.75, 3.05) is 0 Å². The van der Waals surface area contributed by atoms with Crippen LogP contribution in [0.15, 0.2) is 36.0 Å². The van der Waals surface area contributed by atoms with Gasteiger partial charge in [-0.1, -0.05) is 36.0 Å². The lowest BCUT2D eigenvalue weighted by Crippen LogP contribution is -1.84. The molecule has 0 unspecified atom stereocenters. The Balaban J connectivity index is 2.11. The summed E-state index contributed by atoms with van der Waals surface area (Å²) in [5.41, 5.74) is 1.65. The second-order valence-corrected chi connectivity index (χ2v) is 3.96. The van der Waals surface area contributed by atoms with E-state index in [9.17, 15) is 0 Å². The lowest BCUT2D eigenvalue weighted by atomic mass is 10.0. The van der Waals surface area contributed by atoms with Gasteiger partial charge in [-0.05, 0) is 51.9 Å². The van der Waals surface area contributed by atoms with E-state index in [1.807, 2.05) is 0 Å². The van der Waals surface area contributed by atoms with Gasteiger partial charge in [0.25, 0.3) is 0 Å². The normalized spacial score (nSPS) is 17.1. The van der Waals surface area contributed by atoms with Crippen molar-refractivity contribution < 1.29 is 0 Å². The molecule has 1 rings (SSSR count). The zero-order valence-corrected chi connectivity index (χ0v) is 9.34. The molecular weight excluding hydrogens is 168 g/mol. The standard InChI is InChI=1S/C14H22/c1-2-3-4-5-8-11-14-12-9-6-7-10-13-14/h2-3,6,9,12H,4-5,7-8,10-11,13H2,1H3. The molecule has 0 spiro atoms. The molecule has 0 saturated carbocycles. The van der Waals surface area contributed by atoms with Gasteiger partial charge in [-0.3, -0.25) is 0 Å². The van der Waals surface area contributed by atoms with E-state index in [-0.39, 0.29) is 0 Å². The molecule has 0 aliphatic heterocycles. The molecule has 0 aromatic rings. The van der Waals surface area contributed by atoms with Gasteiger partial charge in [-0.2, -0.15) is 0 Å². The van der Waals surface area contributed by atoms with Crippen LogP contribution in [0.25, 0.3) is 0 Å². The van der Waals surface area contributed by atoms with E-state index in [4.69, 9.17) is 0 Å². The van der Waals surface area contributed by atoms with E-state index >= 15 is 0 Å². The third kappa shape index (κ3) is 5.06. The maximum atomic E-state index is 2.32. The number of hydrogen-bond acceptors (Lipinski definition) is 0. The highest BCUT2D eigenvalue weighted by atomic mass is 14.0. The Labute approximate surface area is 88.4 Å². The minimum atomic E-state index is 1.25. The first kappa shape index (κ1) is 11.3. The molecule has 0 heterocycles. The molecule has 0 N–H and O–H groups in total. The van der Waals surface area contributed by atoms with Crippen LogP contribution in [0.4, 0.5) is 0 Å². The fourth-order valence-corrected chi connectivity index (χ4v) is 1.82. The summed E-state index contributed by atoms with van der Waals surface area (Å²) >= 11 is 0. The molecular formula is C14H22. The summed E-state index contributed by atoms with van der Waals surface area (Å²) in [5.74, 6) is 0. The summed E-state index contributed by atoms with van der Waals surface area (Å²) in [6, 6.07) is 0. The van der Waals surface area contributed by atoms with Crippen LogP contribution in [0.1, 0.15) is 51.9 Å². The average Bonchev–Trinajstić information content (AvgIpc) is 2.46. The van der Waals surface area contributed by atoms with Crippen LogP contribution < -0.4 is 0 Å². The highest BCUT2D eigenvalue weighted by Gasteiger charge is 1.98. The van der Waals surface area contributed by atoms with Crippen molar-refractivity contribution in [3.05, 3.63) is 36.0 Å². The predicted molar refractivity (Wildman–Crippen MR) is 64.4 cm³/mol. The van der Waals surface area contributed by atoms with Gasteiger partial charge in [0.05, 0.1) is 0 Å². The van der Waals surface area contributed by atoms with E-state index in [0.717, 1.165) is 0 Å². The Bertz CT molecular complexity index is 218. The molecule has 0 amide bonds. The van der Waals surface area contributed by atoms with Crippen molar-refractivity contribution in [2.24, 2.45) is 0 Å². The maximum Gasteiger partial charge on any atom is -0.0314 e. The van der Waals surface area contributed by atoms with E-state index in [1.165, 1.54) is 44.9 Å². The first-order valence-corrected chi connectivity index (χ1v) is 5.89. The fourth-order valence-electron chi connectivity index (χ4n) is 1.82. The van der Waals surface area contributed by atoms with Crippen LogP contribution in [0, 0.1) is 0 Å². The molecule has 14 heavy (non-hydrogen) atoms. The quantitative estimate of drug-likeness (QED) is 0.432. The Morgan fingerprint density at radius 2 is 2.29 bits per heavy atom. The summed E-state index contributed by atoms with van der Waals surface area (Å²) in [6.45, 7) is 2.10. The van der Waals surface area contributed by atoms with Crippen molar-refractivity contribution in [2.45, 2.75) is 51.9 Å². The van der Waals surface area contributed by atoms with Crippen LogP contribution in [0.3, 0.4) is 0 Å². The fraction of sp³-hybridized carbons (Fsp3) is 0.571. The van der Waals surface area contributed by atoms with Gasteiger partial charge >= 0.3 is 0 Å². The van der Waals surface area contributed by atoms with Crippen LogP contribution in [-0.2, 0) is 0 Å². The Morgan fingerprint density at radius 1 is 1.36 bits per heavy atom. The third-order valence-electron chi connectivity index (χ3n) is 2.69. The second kappa shape index (κ2) is 7.61. The summed E-state index contributed by atoms with van der Waals surface area (Å²) in [6.07, 6.45) is 20.4. The molecule has 0 saturated heterocycles.